The molecule has 0 saturated carbocycles. The summed E-state index contributed by atoms with van der Waals surface area (Å²) in [7, 11) is 1.48. The van der Waals surface area contributed by atoms with E-state index < -0.39 is 12.0 Å². The van der Waals surface area contributed by atoms with Gasteiger partial charge in [0.2, 0.25) is 0 Å². The molecule has 0 radical (unpaired) electrons. The Morgan fingerprint density at radius 1 is 1.39 bits per heavy atom. The Bertz CT molecular complexity index is 414. The number of carbonyl (C=O) groups excluding carboxylic acids is 1. The van der Waals surface area contributed by atoms with Crippen LogP contribution in [0.2, 0.25) is 10.0 Å². The van der Waals surface area contributed by atoms with Gasteiger partial charge in [0.25, 0.3) is 0 Å². The van der Waals surface area contributed by atoms with Crippen LogP contribution < -0.4 is 10.5 Å². The van der Waals surface area contributed by atoms with Crippen molar-refractivity contribution in [3.05, 3.63) is 27.7 Å². The lowest BCUT2D eigenvalue weighted by Crippen LogP contribution is -2.34. The van der Waals surface area contributed by atoms with Gasteiger partial charge in [-0.15, -0.1) is 0 Å². The van der Waals surface area contributed by atoms with Crippen molar-refractivity contribution in [1.29, 1.82) is 0 Å². The lowest BCUT2D eigenvalue weighted by Gasteiger charge is -2.12. The van der Waals surface area contributed by atoms with Gasteiger partial charge in [0.05, 0.1) is 23.8 Å². The summed E-state index contributed by atoms with van der Waals surface area (Å²) in [6.07, 6.45) is 0.308. The molecule has 0 heterocycles. The van der Waals surface area contributed by atoms with Crippen LogP contribution in [0.15, 0.2) is 12.1 Å². The van der Waals surface area contributed by atoms with Gasteiger partial charge in [0.1, 0.15) is 6.04 Å². The summed E-state index contributed by atoms with van der Waals surface area (Å²) in [6, 6.07) is 2.61. The standard InChI is InChI=1S/C12H15Cl2NO3/c1-3-18-12(16)10(15)6-7-4-8(13)11(17-2)9(14)5-7/h4-5,10H,3,6,15H2,1-2H3. The van der Waals surface area contributed by atoms with Crippen molar-refractivity contribution in [3.8, 4) is 5.75 Å². The summed E-state index contributed by atoms with van der Waals surface area (Å²) in [6.45, 7) is 2.03. The van der Waals surface area contributed by atoms with E-state index in [-0.39, 0.29) is 0 Å². The average molecular weight is 292 g/mol. The highest BCUT2D eigenvalue weighted by molar-refractivity contribution is 6.37. The van der Waals surface area contributed by atoms with Crippen LogP contribution in [0, 0.1) is 0 Å². The third-order valence-corrected chi connectivity index (χ3v) is 2.87. The Labute approximate surface area is 116 Å². The molecular weight excluding hydrogens is 277 g/mol. The van der Waals surface area contributed by atoms with E-state index in [4.69, 9.17) is 38.4 Å². The van der Waals surface area contributed by atoms with Crippen LogP contribution in [0.25, 0.3) is 0 Å². The second kappa shape index (κ2) is 6.83. The lowest BCUT2D eigenvalue weighted by molar-refractivity contribution is -0.144. The number of hydrogen-bond donors (Lipinski definition) is 1. The van der Waals surface area contributed by atoms with Gasteiger partial charge in [-0.1, -0.05) is 23.2 Å². The first kappa shape index (κ1) is 15.1. The van der Waals surface area contributed by atoms with E-state index in [9.17, 15) is 4.79 Å². The fraction of sp³-hybridized carbons (Fsp3) is 0.417. The first-order valence-electron chi connectivity index (χ1n) is 5.43. The number of methoxy groups -OCH3 is 1. The molecule has 1 unspecified atom stereocenters. The molecule has 0 spiro atoms. The quantitative estimate of drug-likeness (QED) is 0.847. The molecule has 2 N–H and O–H groups in total. The molecule has 18 heavy (non-hydrogen) atoms. The van der Waals surface area contributed by atoms with Crippen LogP contribution in [0.1, 0.15) is 12.5 Å². The van der Waals surface area contributed by atoms with Gasteiger partial charge in [0, 0.05) is 0 Å². The molecule has 100 valence electrons. The highest BCUT2D eigenvalue weighted by atomic mass is 35.5. The Balaban J connectivity index is 2.83. The molecule has 1 aromatic carbocycles. The molecule has 0 aliphatic rings. The van der Waals surface area contributed by atoms with E-state index in [1.165, 1.54) is 7.11 Å². The molecule has 0 fully saturated rings. The SMILES string of the molecule is CCOC(=O)C(N)Cc1cc(Cl)c(OC)c(Cl)c1. The second-order valence-corrected chi connectivity index (χ2v) is 4.47. The summed E-state index contributed by atoms with van der Waals surface area (Å²) < 4.78 is 9.86. The van der Waals surface area contributed by atoms with Crippen LogP contribution in [0.5, 0.6) is 5.75 Å². The molecule has 0 amide bonds. The normalized spacial score (nSPS) is 12.1. The molecule has 0 aromatic heterocycles. The summed E-state index contributed by atoms with van der Waals surface area (Å²) in [5.74, 6) is -0.0349. The van der Waals surface area contributed by atoms with Gasteiger partial charge in [0.15, 0.2) is 5.75 Å². The van der Waals surface area contributed by atoms with Gasteiger partial charge in [-0.25, -0.2) is 0 Å². The van der Waals surface area contributed by atoms with E-state index >= 15 is 0 Å². The maximum absolute atomic E-state index is 11.4. The second-order valence-electron chi connectivity index (χ2n) is 3.66. The van der Waals surface area contributed by atoms with Gasteiger partial charge in [-0.2, -0.15) is 0 Å². The predicted octanol–water partition coefficient (Wildman–Crippen LogP) is 2.43. The maximum Gasteiger partial charge on any atom is 0.323 e. The van der Waals surface area contributed by atoms with E-state index in [1.807, 2.05) is 0 Å². The van der Waals surface area contributed by atoms with Crippen LogP contribution in [-0.4, -0.2) is 25.7 Å². The van der Waals surface area contributed by atoms with Crippen molar-refractivity contribution in [2.24, 2.45) is 5.73 Å². The molecule has 6 heteroatoms. The van der Waals surface area contributed by atoms with Gasteiger partial charge in [-0.05, 0) is 31.0 Å². The third kappa shape index (κ3) is 3.77. The molecule has 1 aromatic rings. The smallest absolute Gasteiger partial charge is 0.323 e. The van der Waals surface area contributed by atoms with E-state index in [0.717, 1.165) is 5.56 Å². The van der Waals surface area contributed by atoms with Crippen molar-refractivity contribution >= 4 is 29.2 Å². The van der Waals surface area contributed by atoms with Crippen LogP contribution in [0.3, 0.4) is 0 Å². The monoisotopic (exact) mass is 291 g/mol. The average Bonchev–Trinajstić information content (AvgIpc) is 2.28. The fourth-order valence-electron chi connectivity index (χ4n) is 1.51. The number of nitrogens with two attached hydrogens (primary N) is 1. The van der Waals surface area contributed by atoms with Crippen molar-refractivity contribution in [1.82, 2.24) is 0 Å². The number of ether oxygens (including phenoxy) is 2. The zero-order valence-corrected chi connectivity index (χ0v) is 11.7. The molecule has 1 rings (SSSR count). The van der Waals surface area contributed by atoms with E-state index in [1.54, 1.807) is 19.1 Å². The zero-order chi connectivity index (χ0) is 13.7. The largest absolute Gasteiger partial charge is 0.494 e. The molecule has 0 saturated heterocycles. The lowest BCUT2D eigenvalue weighted by atomic mass is 10.1. The van der Waals surface area contributed by atoms with Crippen molar-refractivity contribution in [2.75, 3.05) is 13.7 Å². The summed E-state index contributed by atoms with van der Waals surface area (Å²) >= 11 is 12.0. The topological polar surface area (TPSA) is 61.5 Å². The Morgan fingerprint density at radius 3 is 2.39 bits per heavy atom. The van der Waals surface area contributed by atoms with Crippen molar-refractivity contribution < 1.29 is 14.3 Å². The van der Waals surface area contributed by atoms with Crippen LogP contribution >= 0.6 is 23.2 Å². The predicted molar refractivity (Wildman–Crippen MR) is 71.3 cm³/mol. The number of esters is 1. The van der Waals surface area contributed by atoms with E-state index in [2.05, 4.69) is 0 Å². The maximum atomic E-state index is 11.4. The van der Waals surface area contributed by atoms with E-state index in [0.29, 0.717) is 28.8 Å². The highest BCUT2D eigenvalue weighted by Crippen LogP contribution is 2.34. The first-order valence-corrected chi connectivity index (χ1v) is 6.19. The van der Waals surface area contributed by atoms with Crippen LogP contribution in [0.4, 0.5) is 0 Å². The zero-order valence-electron chi connectivity index (χ0n) is 10.2. The Hall–Kier alpha value is -0.970. The molecular formula is C12H15Cl2NO3. The Morgan fingerprint density at radius 2 is 1.94 bits per heavy atom. The minimum absolute atomic E-state index is 0.302. The van der Waals surface area contributed by atoms with Gasteiger partial charge < -0.3 is 15.2 Å². The number of hydrogen-bond acceptors (Lipinski definition) is 4. The number of benzene rings is 1. The summed E-state index contributed by atoms with van der Waals surface area (Å²) in [4.78, 5) is 11.4. The third-order valence-electron chi connectivity index (χ3n) is 2.31. The van der Waals surface area contributed by atoms with Gasteiger partial charge >= 0.3 is 5.97 Å². The Kier molecular flexibility index (Phi) is 5.72. The number of halogens is 2. The number of rotatable bonds is 5. The minimum Gasteiger partial charge on any atom is -0.494 e. The van der Waals surface area contributed by atoms with Crippen molar-refractivity contribution in [3.63, 3.8) is 0 Å². The fourth-order valence-corrected chi connectivity index (χ4v) is 2.20. The van der Waals surface area contributed by atoms with Crippen molar-refractivity contribution in [2.45, 2.75) is 19.4 Å². The first-order chi connectivity index (χ1) is 8.49. The van der Waals surface area contributed by atoms with Gasteiger partial charge in [-0.3, -0.25) is 4.79 Å². The molecule has 0 aliphatic heterocycles. The number of carbonyl (C=O) groups is 1. The molecule has 0 aliphatic carbocycles. The molecule has 4 nitrogen and oxygen atoms in total. The van der Waals surface area contributed by atoms with Crippen LogP contribution in [-0.2, 0) is 16.0 Å². The molecule has 1 atom stereocenters. The highest BCUT2D eigenvalue weighted by Gasteiger charge is 2.17. The summed E-state index contributed by atoms with van der Waals surface area (Å²) in [5.41, 5.74) is 6.47. The minimum atomic E-state index is -0.731. The summed E-state index contributed by atoms with van der Waals surface area (Å²) in [5, 5.41) is 0.770. The molecule has 0 bridgehead atoms.